The molecule has 2 radical (unpaired) electrons. The number of hydrogen-bond donors (Lipinski definition) is 2. The normalized spacial score (nSPS) is 19.2. The molecule has 2 saturated carbocycles. The van der Waals surface area contributed by atoms with Gasteiger partial charge in [0.2, 0.25) is 0 Å². The van der Waals surface area contributed by atoms with Gasteiger partial charge in [0.25, 0.3) is 0 Å². The molecule has 3 aliphatic rings. The first kappa shape index (κ1) is 57.7. The number of allylic oxidation sites excluding steroid dienone is 1. The number of anilines is 1. The van der Waals surface area contributed by atoms with Crippen LogP contribution < -0.4 is 5.32 Å². The monoisotopic (exact) mass is 1200 g/mol. The molecule has 1 amide bonds. The number of nitrogens with one attached hydrogen (secondary N) is 1. The number of carbonyl (C=O) groups is 1. The van der Waals surface area contributed by atoms with Gasteiger partial charge in [-0.1, -0.05) is 35.6 Å². The molecule has 4 aromatic heterocycles. The van der Waals surface area contributed by atoms with Gasteiger partial charge >= 0.3 is 6.09 Å². The first-order chi connectivity index (χ1) is 32.5. The summed E-state index contributed by atoms with van der Waals surface area (Å²) in [5.41, 5.74) is 7.42. The summed E-state index contributed by atoms with van der Waals surface area (Å²) in [7, 11) is -1.42. The van der Waals surface area contributed by atoms with Crippen LogP contribution in [0.1, 0.15) is 131 Å². The van der Waals surface area contributed by atoms with Crippen molar-refractivity contribution in [2.24, 2.45) is 23.7 Å². The van der Waals surface area contributed by atoms with Gasteiger partial charge in [-0.25, -0.2) is 26.6 Å². The van der Waals surface area contributed by atoms with Gasteiger partial charge in [0.05, 0.1) is 60.7 Å². The zero-order valence-electron chi connectivity index (χ0n) is 43.2. The number of fused-ring (bicyclic) bond motifs is 1. The van der Waals surface area contributed by atoms with E-state index in [0.717, 1.165) is 82.0 Å². The molecule has 0 aliphatic heterocycles. The van der Waals surface area contributed by atoms with Crippen molar-refractivity contribution in [1.29, 1.82) is 1.34 Å². The molecule has 0 atom stereocenters. The van der Waals surface area contributed by atoms with Crippen LogP contribution in [-0.2, 0) is 30.8 Å². The smallest absolute Gasteiger partial charge is 0.412 e. The SMILES string of the molecule is CC(C)(C)OC(=O)Nc1cc(-c2ccccn2)ncc1C#CC1CCC(CS(=O)(=O)C(C)(C)C)CC1.CC(C)(C)S(=O)(=O)CC1CCC(C2=Cc3nc(-c4ccccn4)ccc3C2)CC1.CO.[2H][B].[U]. The Morgan fingerprint density at radius 1 is 0.739 bits per heavy atom. The topological polar surface area (TPSA) is 178 Å². The van der Waals surface area contributed by atoms with E-state index in [9.17, 15) is 21.6 Å². The third-order valence-corrected chi connectivity index (χ3v) is 18.1. The molecule has 0 unspecified atom stereocenters. The number of sulfone groups is 2. The van der Waals surface area contributed by atoms with Crippen LogP contribution in [0.4, 0.5) is 10.5 Å². The second-order valence-corrected chi connectivity index (χ2v) is 26.4. The van der Waals surface area contributed by atoms with E-state index in [1.54, 1.807) is 66.2 Å². The van der Waals surface area contributed by atoms with Crippen molar-refractivity contribution < 1.29 is 62.6 Å². The fraction of sp³-hybridized carbons (Fsp3) is 0.528. The second kappa shape index (κ2) is 25.5. The molecular formula is C53H72BN5O7S2U. The molecule has 16 heteroatoms. The Morgan fingerprint density at radius 3 is 1.75 bits per heavy atom. The van der Waals surface area contributed by atoms with Crippen molar-refractivity contribution >= 4 is 45.9 Å². The summed E-state index contributed by atoms with van der Waals surface area (Å²) in [6, 6.07) is 17.4. The number of rotatable bonds is 8. The molecule has 7 rings (SSSR count). The predicted molar refractivity (Wildman–Crippen MR) is 277 cm³/mol. The fourth-order valence-corrected chi connectivity index (χ4v) is 11.3. The molecule has 0 spiro atoms. The minimum Gasteiger partial charge on any atom is -0.444 e. The maximum Gasteiger partial charge on any atom is 0.412 e. The summed E-state index contributed by atoms with van der Waals surface area (Å²) in [6.07, 6.45) is 15.3. The van der Waals surface area contributed by atoms with E-state index in [-0.39, 0.29) is 48.7 Å². The van der Waals surface area contributed by atoms with Gasteiger partial charge in [-0.2, -0.15) is 0 Å². The number of carbonyl (C=O) groups excluding carboxylic acids is 1. The van der Waals surface area contributed by atoms with Crippen LogP contribution in [0, 0.1) is 66.6 Å². The van der Waals surface area contributed by atoms with Crippen LogP contribution in [0.15, 0.2) is 78.8 Å². The van der Waals surface area contributed by atoms with Gasteiger partial charge < -0.3 is 9.84 Å². The molecule has 4 aromatic rings. The van der Waals surface area contributed by atoms with E-state index in [1.165, 1.54) is 11.1 Å². The van der Waals surface area contributed by atoms with E-state index in [4.69, 9.17) is 16.2 Å². The molecule has 0 bridgehead atoms. The first-order valence-corrected chi connectivity index (χ1v) is 26.7. The van der Waals surface area contributed by atoms with Crippen molar-refractivity contribution in [3.05, 3.63) is 95.6 Å². The largest absolute Gasteiger partial charge is 0.444 e. The van der Waals surface area contributed by atoms with Gasteiger partial charge in [0.15, 0.2) is 19.7 Å². The average molecular weight is 1210 g/mol. The third-order valence-electron chi connectivity index (χ3n) is 12.5. The van der Waals surface area contributed by atoms with E-state index >= 15 is 0 Å². The summed E-state index contributed by atoms with van der Waals surface area (Å²) in [5, 5.41) is 9.81. The standard InChI is InChI=1S/C28H37N3O4S.C24H30N2O2S.CH4O.BH.U/c1-27(2,3)35-26(32)31-24-17-25(23-9-7-8-16-29-23)30-18-22(24)15-14-20-10-12-21(13-11-20)19-36(33,34)28(4,5)6;1-24(2,3)29(27,28)16-17-7-9-18(10-8-17)20-14-19-11-12-22(26-23(19)15-20)21-6-4-5-13-25-21;1-2;;/h7-9,16-18,20-21H,10-13,19H2,1-6H3,(H,30,31,32);4-6,11-13,15,17-18H,7-10,14,16H2,1-3H3;2H,1H3;1H;/i;;;1D;. The number of pyridine rings is 4. The molecular weight excluding hydrogens is 1130 g/mol. The van der Waals surface area contributed by atoms with Crippen LogP contribution in [0.3, 0.4) is 0 Å². The van der Waals surface area contributed by atoms with Crippen molar-refractivity contribution in [3.8, 4) is 34.6 Å². The van der Waals surface area contributed by atoms with Crippen LogP contribution in [-0.4, -0.2) is 91.4 Å². The number of ether oxygens (including phenoxy) is 1. The number of nitrogens with zero attached hydrogens (tertiary/aromatic N) is 4. The summed E-state index contributed by atoms with van der Waals surface area (Å²) in [6.45, 7) is 16.1. The van der Waals surface area contributed by atoms with E-state index in [2.05, 4.69) is 58.7 Å². The van der Waals surface area contributed by atoms with Crippen molar-refractivity contribution in [3.63, 3.8) is 0 Å². The average Bonchev–Trinajstić information content (AvgIpc) is 3.74. The Bertz CT molecular complexity index is 2630. The zero-order valence-corrected chi connectivity index (χ0v) is 48.0. The predicted octanol–water partition coefficient (Wildman–Crippen LogP) is 9.92. The molecule has 69 heavy (non-hydrogen) atoms. The Kier molecular flexibility index (Phi) is 21.3. The number of amides is 1. The molecule has 0 saturated heterocycles. The van der Waals surface area contributed by atoms with Crippen molar-refractivity contribution in [2.45, 2.75) is 135 Å². The summed E-state index contributed by atoms with van der Waals surface area (Å²) < 4.78 is 59.5. The molecule has 12 nitrogen and oxygen atoms in total. The van der Waals surface area contributed by atoms with E-state index < -0.39 is 40.9 Å². The number of aliphatic hydroxyl groups is 1. The van der Waals surface area contributed by atoms with Crippen molar-refractivity contribution in [1.82, 2.24) is 19.9 Å². The van der Waals surface area contributed by atoms with Gasteiger partial charge in [-0.05, 0) is 187 Å². The summed E-state index contributed by atoms with van der Waals surface area (Å²) in [5.74, 6) is 8.29. The van der Waals surface area contributed by atoms with E-state index in [0.29, 0.717) is 40.2 Å². The molecule has 3 aliphatic carbocycles. The van der Waals surface area contributed by atoms with E-state index in [1.807, 2.05) is 57.2 Å². The molecule has 4 heterocycles. The first-order valence-electron chi connectivity index (χ1n) is 24.0. The minimum atomic E-state index is -3.13. The Labute approximate surface area is 439 Å². The summed E-state index contributed by atoms with van der Waals surface area (Å²) >= 11 is 0. The molecule has 0 aromatic carbocycles. The van der Waals surface area contributed by atoms with Crippen LogP contribution in [0.5, 0.6) is 0 Å². The summed E-state index contributed by atoms with van der Waals surface area (Å²) in [4.78, 5) is 30.6. The van der Waals surface area contributed by atoms with Crippen LogP contribution in [0.25, 0.3) is 28.9 Å². The maximum atomic E-state index is 12.6. The Morgan fingerprint density at radius 2 is 1.26 bits per heavy atom. The zero-order chi connectivity index (χ0) is 51.2. The van der Waals surface area contributed by atoms with Gasteiger partial charge in [0, 0.05) is 71.1 Å². The van der Waals surface area contributed by atoms with Crippen molar-refractivity contribution in [2.75, 3.05) is 23.9 Å². The number of aliphatic hydroxyl groups excluding tert-OH is 1. The molecule has 2 N–H and O–H groups in total. The van der Waals surface area contributed by atoms with Gasteiger partial charge in [-0.3, -0.25) is 20.3 Å². The van der Waals surface area contributed by atoms with Crippen LogP contribution in [0.2, 0.25) is 0 Å². The molecule has 370 valence electrons. The minimum absolute atomic E-state index is 0. The quantitative estimate of drug-likeness (QED) is 0.127. The Balaban J connectivity index is 0.000000347. The maximum absolute atomic E-state index is 12.6. The second-order valence-electron chi connectivity index (χ2n) is 20.8. The third kappa shape index (κ3) is 17.2. The Hall–Kier alpha value is -3.85. The van der Waals surface area contributed by atoms with Crippen LogP contribution >= 0.6 is 0 Å². The number of hydrogen-bond acceptors (Lipinski definition) is 11. The van der Waals surface area contributed by atoms with Gasteiger partial charge in [-0.15, -0.1) is 0 Å². The number of aromatic nitrogens is 4. The van der Waals surface area contributed by atoms with Gasteiger partial charge in [0.1, 0.15) is 5.60 Å². The molecule has 2 fully saturated rings. The fourth-order valence-electron chi connectivity index (χ4n) is 8.34.